The molecule has 0 aliphatic heterocycles. The standard InChI is InChI=1S/C71H138O17P2/c1-61(2)47-39-31-23-17-15-13-11-9-10-12-14-16-18-28-37-45-53-70(75)87-66(57-81-68(73)51-43-35-26-21-19-24-32-40-48-62(3)4)59-85-89(77,78)83-55-65(72)56-84-90(79,80)86-60-67(88-71(76)54-46-38-30-29-34-42-50-64(7)8)58-82-69(74)52-44-36-27-22-20-25-33-41-49-63(5)6/h61-67,72H,9-60H2,1-8H3,(H,77,78)(H,79,80)/t65?,66-,67-/m1/s1. The number of esters is 4. The van der Waals surface area contributed by atoms with E-state index in [0.717, 1.165) is 108 Å². The SMILES string of the molecule is CC(C)CCCCCCCCCCCCCCCCCCC(=O)O[C@H](COC(=O)CCCCCCCCCCC(C)C)COP(=O)(O)OCC(O)COP(=O)(O)OC[C@@H](COC(=O)CCCCCCCCCCC(C)C)OC(=O)CCCCCCCCC(C)C. The van der Waals surface area contributed by atoms with Crippen molar-refractivity contribution in [3.63, 3.8) is 0 Å². The highest BCUT2D eigenvalue weighted by atomic mass is 31.2. The topological polar surface area (TPSA) is 237 Å². The zero-order chi connectivity index (χ0) is 66.8. The first-order chi connectivity index (χ1) is 43.1. The highest BCUT2D eigenvalue weighted by Crippen LogP contribution is 2.45. The molecule has 0 aromatic carbocycles. The summed E-state index contributed by atoms with van der Waals surface area (Å²) in [4.78, 5) is 72.5. The van der Waals surface area contributed by atoms with Crippen molar-refractivity contribution in [1.82, 2.24) is 0 Å². The van der Waals surface area contributed by atoms with Crippen LogP contribution in [0, 0.1) is 23.7 Å². The average Bonchev–Trinajstić information content (AvgIpc) is 3.19. The molecule has 0 rings (SSSR count). The van der Waals surface area contributed by atoms with Crippen LogP contribution in [-0.2, 0) is 65.4 Å². The van der Waals surface area contributed by atoms with Gasteiger partial charge in [0.05, 0.1) is 26.4 Å². The van der Waals surface area contributed by atoms with Crippen molar-refractivity contribution in [2.45, 2.75) is 369 Å². The van der Waals surface area contributed by atoms with E-state index in [9.17, 15) is 43.2 Å². The van der Waals surface area contributed by atoms with E-state index in [4.69, 9.17) is 37.0 Å². The van der Waals surface area contributed by atoms with Crippen LogP contribution in [0.4, 0.5) is 0 Å². The third-order valence-corrected chi connectivity index (χ3v) is 18.2. The van der Waals surface area contributed by atoms with Crippen molar-refractivity contribution in [3.05, 3.63) is 0 Å². The number of aliphatic hydroxyl groups excluding tert-OH is 1. The van der Waals surface area contributed by atoms with E-state index in [1.807, 2.05) is 0 Å². The smallest absolute Gasteiger partial charge is 0.462 e. The van der Waals surface area contributed by atoms with Crippen LogP contribution in [-0.4, -0.2) is 96.7 Å². The maximum absolute atomic E-state index is 13.0. The lowest BCUT2D eigenvalue weighted by molar-refractivity contribution is -0.161. The predicted octanol–water partition coefficient (Wildman–Crippen LogP) is 20.1. The van der Waals surface area contributed by atoms with Gasteiger partial charge in [0, 0.05) is 25.7 Å². The van der Waals surface area contributed by atoms with Crippen LogP contribution in [0.25, 0.3) is 0 Å². The fourth-order valence-electron chi connectivity index (χ4n) is 10.7. The second-order valence-corrected chi connectivity index (χ2v) is 30.4. The summed E-state index contributed by atoms with van der Waals surface area (Å²) in [6.45, 7) is 14.0. The fraction of sp³-hybridized carbons (Fsp3) is 0.944. The number of ether oxygens (including phenoxy) is 4. The van der Waals surface area contributed by atoms with E-state index in [1.54, 1.807) is 0 Å². The highest BCUT2D eigenvalue weighted by molar-refractivity contribution is 7.47. The van der Waals surface area contributed by atoms with Gasteiger partial charge in [0.2, 0.25) is 0 Å². The molecule has 17 nitrogen and oxygen atoms in total. The van der Waals surface area contributed by atoms with Crippen molar-refractivity contribution in [2.24, 2.45) is 23.7 Å². The number of unbranched alkanes of at least 4 members (excludes halogenated alkanes) is 34. The Hall–Kier alpha value is -1.94. The molecular formula is C71H138O17P2. The maximum atomic E-state index is 13.0. The number of hydrogen-bond donors (Lipinski definition) is 3. The molecule has 3 unspecified atom stereocenters. The lowest BCUT2D eigenvalue weighted by Crippen LogP contribution is -2.30. The molecule has 0 aromatic rings. The molecule has 0 aliphatic carbocycles. The Morgan fingerprint density at radius 3 is 0.689 bits per heavy atom. The molecule has 0 aromatic heterocycles. The third-order valence-electron chi connectivity index (χ3n) is 16.3. The molecule has 5 atom stereocenters. The molecule has 534 valence electrons. The Labute approximate surface area is 549 Å². The monoisotopic (exact) mass is 1320 g/mol. The quantitative estimate of drug-likeness (QED) is 0.0222. The normalized spacial score (nSPS) is 14.3. The predicted molar refractivity (Wildman–Crippen MR) is 363 cm³/mol. The van der Waals surface area contributed by atoms with Gasteiger partial charge in [-0.15, -0.1) is 0 Å². The molecule has 3 N–H and O–H groups in total. The van der Waals surface area contributed by atoms with Gasteiger partial charge in [-0.2, -0.15) is 0 Å². The molecule has 0 amide bonds. The Kier molecular flexibility index (Phi) is 59.4. The number of hydrogen-bond acceptors (Lipinski definition) is 15. The van der Waals surface area contributed by atoms with E-state index < -0.39 is 97.5 Å². The Bertz CT molecular complexity index is 1780. The van der Waals surface area contributed by atoms with Gasteiger partial charge in [-0.1, -0.05) is 299 Å². The maximum Gasteiger partial charge on any atom is 0.472 e. The van der Waals surface area contributed by atoms with Crippen LogP contribution in [0.2, 0.25) is 0 Å². The van der Waals surface area contributed by atoms with Gasteiger partial charge < -0.3 is 33.8 Å². The van der Waals surface area contributed by atoms with Crippen molar-refractivity contribution >= 4 is 39.5 Å². The third kappa shape index (κ3) is 64.8. The van der Waals surface area contributed by atoms with E-state index in [2.05, 4.69) is 55.4 Å². The van der Waals surface area contributed by atoms with Crippen LogP contribution >= 0.6 is 15.6 Å². The number of phosphoric ester groups is 2. The molecule has 0 spiro atoms. The molecule has 90 heavy (non-hydrogen) atoms. The van der Waals surface area contributed by atoms with Crippen LogP contribution in [0.1, 0.15) is 351 Å². The van der Waals surface area contributed by atoms with Gasteiger partial charge in [-0.3, -0.25) is 37.3 Å². The second-order valence-electron chi connectivity index (χ2n) is 27.5. The highest BCUT2D eigenvalue weighted by Gasteiger charge is 2.30. The molecule has 0 saturated heterocycles. The number of carbonyl (C=O) groups excluding carboxylic acids is 4. The van der Waals surface area contributed by atoms with Crippen LogP contribution in [0.15, 0.2) is 0 Å². The van der Waals surface area contributed by atoms with Crippen LogP contribution < -0.4 is 0 Å². The minimum atomic E-state index is -4.95. The summed E-state index contributed by atoms with van der Waals surface area (Å²) in [5.41, 5.74) is 0. The first-order valence-corrected chi connectivity index (χ1v) is 39.7. The Morgan fingerprint density at radius 2 is 0.467 bits per heavy atom. The first kappa shape index (κ1) is 88.1. The van der Waals surface area contributed by atoms with Crippen LogP contribution in [0.5, 0.6) is 0 Å². The lowest BCUT2D eigenvalue weighted by atomic mass is 10.0. The van der Waals surface area contributed by atoms with Crippen molar-refractivity contribution in [2.75, 3.05) is 39.6 Å². The number of aliphatic hydroxyl groups is 1. The van der Waals surface area contributed by atoms with Crippen molar-refractivity contribution < 1.29 is 80.2 Å². The van der Waals surface area contributed by atoms with Gasteiger partial charge in [-0.25, -0.2) is 9.13 Å². The van der Waals surface area contributed by atoms with Gasteiger partial charge in [0.25, 0.3) is 0 Å². The summed E-state index contributed by atoms with van der Waals surface area (Å²) in [6, 6.07) is 0. The molecule has 0 bridgehead atoms. The fourth-order valence-corrected chi connectivity index (χ4v) is 12.2. The van der Waals surface area contributed by atoms with Gasteiger partial charge >= 0.3 is 39.5 Å². The Balaban J connectivity index is 5.19. The summed E-state index contributed by atoms with van der Waals surface area (Å²) in [6.07, 6.45) is 43.4. The van der Waals surface area contributed by atoms with Gasteiger partial charge in [-0.05, 0) is 49.4 Å². The van der Waals surface area contributed by atoms with E-state index in [1.165, 1.54) is 154 Å². The largest absolute Gasteiger partial charge is 0.472 e. The zero-order valence-electron chi connectivity index (χ0n) is 58.8. The van der Waals surface area contributed by atoms with E-state index in [-0.39, 0.29) is 25.7 Å². The average molecular weight is 1330 g/mol. The summed E-state index contributed by atoms with van der Waals surface area (Å²) in [5, 5.41) is 10.6. The van der Waals surface area contributed by atoms with E-state index in [0.29, 0.717) is 31.6 Å². The van der Waals surface area contributed by atoms with Gasteiger partial charge in [0.1, 0.15) is 19.3 Å². The number of carbonyl (C=O) groups is 4. The van der Waals surface area contributed by atoms with Gasteiger partial charge in [0.15, 0.2) is 12.2 Å². The summed E-state index contributed by atoms with van der Waals surface area (Å²) >= 11 is 0. The molecular weight excluding hydrogens is 1190 g/mol. The van der Waals surface area contributed by atoms with Crippen LogP contribution in [0.3, 0.4) is 0 Å². The Morgan fingerprint density at radius 1 is 0.278 bits per heavy atom. The van der Waals surface area contributed by atoms with Crippen molar-refractivity contribution in [1.29, 1.82) is 0 Å². The zero-order valence-corrected chi connectivity index (χ0v) is 60.6. The molecule has 0 fully saturated rings. The molecule has 0 saturated carbocycles. The lowest BCUT2D eigenvalue weighted by Gasteiger charge is -2.21. The van der Waals surface area contributed by atoms with E-state index >= 15 is 0 Å². The summed E-state index contributed by atoms with van der Waals surface area (Å²) in [5.74, 6) is 0.798. The molecule has 0 heterocycles. The minimum absolute atomic E-state index is 0.101. The molecule has 0 radical (unpaired) electrons. The second kappa shape index (κ2) is 60.7. The number of rotatable bonds is 68. The molecule has 0 aliphatic rings. The number of phosphoric acid groups is 2. The summed E-state index contributed by atoms with van der Waals surface area (Å²) in [7, 11) is -9.90. The minimum Gasteiger partial charge on any atom is -0.462 e. The summed E-state index contributed by atoms with van der Waals surface area (Å²) < 4.78 is 68.2. The van der Waals surface area contributed by atoms with Crippen molar-refractivity contribution in [3.8, 4) is 0 Å². The molecule has 19 heteroatoms. The first-order valence-electron chi connectivity index (χ1n) is 36.7.